The number of rotatable bonds is 43. The summed E-state index contributed by atoms with van der Waals surface area (Å²) in [5, 5.41) is 6.69. The molecule has 5 amide bonds. The molecule has 0 radical (unpaired) electrons. The third kappa shape index (κ3) is 26.2. The van der Waals surface area contributed by atoms with Crippen LogP contribution in [0.3, 0.4) is 0 Å². The highest BCUT2D eigenvalue weighted by molar-refractivity contribution is 6.14. The Bertz CT molecular complexity index is 2010. The Kier molecular flexibility index (Phi) is 31.2. The molecule has 0 atom stereocenters. The molecule has 0 spiro atoms. The van der Waals surface area contributed by atoms with Crippen molar-refractivity contribution in [2.45, 2.75) is 26.2 Å². The van der Waals surface area contributed by atoms with Crippen LogP contribution in [0.2, 0.25) is 0 Å². The lowest BCUT2D eigenvalue weighted by Crippen LogP contribution is -2.41. The van der Waals surface area contributed by atoms with Crippen LogP contribution in [0.25, 0.3) is 17.2 Å². The van der Waals surface area contributed by atoms with Gasteiger partial charge in [-0.1, -0.05) is 19.1 Å². The van der Waals surface area contributed by atoms with Crippen LogP contribution in [0, 0.1) is 0 Å². The average Bonchev–Trinajstić information content (AvgIpc) is 3.59. The summed E-state index contributed by atoms with van der Waals surface area (Å²) in [6.07, 6.45) is 9.95. The van der Waals surface area contributed by atoms with Gasteiger partial charge in [-0.2, -0.15) is 0 Å². The van der Waals surface area contributed by atoms with Crippen molar-refractivity contribution >= 4 is 47.1 Å². The van der Waals surface area contributed by atoms with Crippen molar-refractivity contribution in [3.05, 3.63) is 60.2 Å². The molecule has 0 bridgehead atoms. The van der Waals surface area contributed by atoms with Crippen LogP contribution in [0.4, 0.5) is 5.69 Å². The first kappa shape index (κ1) is 59.9. The molecule has 404 valence electrons. The zero-order valence-corrected chi connectivity index (χ0v) is 41.8. The van der Waals surface area contributed by atoms with Gasteiger partial charge in [0.15, 0.2) is 0 Å². The van der Waals surface area contributed by atoms with E-state index in [1.165, 1.54) is 11.4 Å². The minimum atomic E-state index is -0.500. The van der Waals surface area contributed by atoms with E-state index in [0.717, 1.165) is 33.7 Å². The fourth-order valence-electron chi connectivity index (χ4n) is 6.47. The number of hydrogen-bond donors (Lipinski definition) is 3. The fraction of sp³-hybridized carbons (Fsp3) is 0.592. The van der Waals surface area contributed by atoms with E-state index in [1.807, 2.05) is 25.1 Å². The molecule has 24 heteroatoms. The van der Waals surface area contributed by atoms with Crippen molar-refractivity contribution in [3.8, 4) is 11.1 Å². The van der Waals surface area contributed by atoms with Crippen LogP contribution in [0.15, 0.2) is 59.6 Å². The summed E-state index contributed by atoms with van der Waals surface area (Å²) in [5.41, 5.74) is 9.80. The van der Waals surface area contributed by atoms with Crippen LogP contribution in [-0.4, -0.2) is 220 Å². The summed E-state index contributed by atoms with van der Waals surface area (Å²) in [6, 6.07) is 5.70. The number of nitrogens with two attached hydrogens (primary N) is 1. The largest absolute Gasteiger partial charge is 0.387 e. The maximum Gasteiger partial charge on any atom is 0.273 e. The van der Waals surface area contributed by atoms with E-state index in [2.05, 4.69) is 25.6 Å². The maximum absolute atomic E-state index is 13.5. The second-order valence-corrected chi connectivity index (χ2v) is 15.8. The standard InChI is InChI=1S/C49H72N8O16/c1-2-10-57(49(62)41-32-40-4-3-39(42-35-51-38-52-36-42)33-43(40)55-44(50)34-41)73-13-9-53-45(58)7-11-63-14-16-65-18-20-67-22-24-69-26-28-71-30-31-72-29-27-70-25-23-68-21-19-66-17-15-64-12-8-54-46(59)37-56-47(60)5-6-48(56)61/h3-6,32-33,35-36,38H,2,7-31,34,37H2,1H3,(H2,50,55)(H,53,58)(H,54,59). The second-order valence-electron chi connectivity index (χ2n) is 15.8. The number of imide groups is 1. The van der Waals surface area contributed by atoms with Crippen LogP contribution in [-0.2, 0) is 76.2 Å². The molecule has 0 aliphatic carbocycles. The first-order valence-corrected chi connectivity index (χ1v) is 24.5. The van der Waals surface area contributed by atoms with Crippen LogP contribution < -0.4 is 16.4 Å². The number of hydrogen-bond acceptors (Lipinski definition) is 20. The maximum atomic E-state index is 13.5. The predicted molar refractivity (Wildman–Crippen MR) is 264 cm³/mol. The summed E-state index contributed by atoms with van der Waals surface area (Å²) in [4.78, 5) is 80.0. The Hall–Kier alpha value is -5.64. The molecule has 0 unspecified atom stereocenters. The van der Waals surface area contributed by atoms with E-state index in [4.69, 9.17) is 57.9 Å². The van der Waals surface area contributed by atoms with Gasteiger partial charge in [0, 0.05) is 73.7 Å². The Labute approximate surface area is 426 Å². The van der Waals surface area contributed by atoms with E-state index in [9.17, 15) is 24.0 Å². The number of aromatic nitrogens is 2. The van der Waals surface area contributed by atoms with Crippen LogP contribution >= 0.6 is 0 Å². The normalized spacial score (nSPS) is 13.2. The van der Waals surface area contributed by atoms with Crippen LogP contribution in [0.1, 0.15) is 31.7 Å². The van der Waals surface area contributed by atoms with Gasteiger partial charge in [-0.15, -0.1) is 0 Å². The highest BCUT2D eigenvalue weighted by Gasteiger charge is 2.26. The number of nitrogens with zero attached hydrogens (tertiary/aromatic N) is 5. The smallest absolute Gasteiger partial charge is 0.273 e. The fourth-order valence-corrected chi connectivity index (χ4v) is 6.47. The average molecular weight is 1030 g/mol. The molecular weight excluding hydrogens is 957 g/mol. The number of hydroxylamine groups is 2. The molecule has 4 rings (SSSR count). The molecule has 0 saturated carbocycles. The summed E-state index contributed by atoms with van der Waals surface area (Å²) < 4.78 is 54.8. The molecule has 2 aliphatic heterocycles. The van der Waals surface area contributed by atoms with Crippen molar-refractivity contribution in [3.63, 3.8) is 0 Å². The minimum Gasteiger partial charge on any atom is -0.387 e. The van der Waals surface area contributed by atoms with Gasteiger partial charge in [0.25, 0.3) is 17.7 Å². The van der Waals surface area contributed by atoms with Gasteiger partial charge in [-0.25, -0.2) is 20.0 Å². The van der Waals surface area contributed by atoms with Gasteiger partial charge in [-0.3, -0.25) is 33.7 Å². The number of amidine groups is 1. The van der Waals surface area contributed by atoms with Crippen molar-refractivity contribution in [2.24, 2.45) is 10.7 Å². The number of ether oxygens (including phenoxy) is 10. The molecule has 2 aromatic rings. The first-order chi connectivity index (χ1) is 35.7. The highest BCUT2D eigenvalue weighted by atomic mass is 16.7. The number of benzene rings is 1. The number of aliphatic imine (C=N–C) groups is 1. The zero-order chi connectivity index (χ0) is 52.0. The Morgan fingerprint density at radius 3 is 1.59 bits per heavy atom. The number of nitrogens with one attached hydrogen (secondary N) is 2. The van der Waals surface area contributed by atoms with Crippen molar-refractivity contribution in [1.29, 1.82) is 0 Å². The van der Waals surface area contributed by atoms with E-state index < -0.39 is 17.7 Å². The van der Waals surface area contributed by atoms with Gasteiger partial charge in [-0.05, 0) is 24.1 Å². The van der Waals surface area contributed by atoms with E-state index in [0.29, 0.717) is 149 Å². The molecular formula is C49H72N8O16. The topological polar surface area (TPSA) is 282 Å². The SMILES string of the molecule is CCCN(OCCNC(=O)CCOCCOCCOCCOCCOCCOCCOCCOCCOCCOCCNC(=O)CN1C(=O)C=CC1=O)C(=O)C1=Cc2ccc(-c3cncnc3)cc2N=C(N)C1. The van der Waals surface area contributed by atoms with Gasteiger partial charge in [0.05, 0.1) is 144 Å². The molecule has 24 nitrogen and oxygen atoms in total. The molecule has 3 heterocycles. The number of carbonyl (C=O) groups is 5. The lowest BCUT2D eigenvalue weighted by atomic mass is 10.0. The zero-order valence-electron chi connectivity index (χ0n) is 41.8. The summed E-state index contributed by atoms with van der Waals surface area (Å²) in [7, 11) is 0. The van der Waals surface area contributed by atoms with Crippen molar-refractivity contribution < 1.29 is 76.2 Å². The monoisotopic (exact) mass is 1030 g/mol. The summed E-state index contributed by atoms with van der Waals surface area (Å²) in [5.74, 6) is -1.64. The molecule has 4 N–H and O–H groups in total. The van der Waals surface area contributed by atoms with E-state index in [1.54, 1.807) is 18.5 Å². The lowest BCUT2D eigenvalue weighted by molar-refractivity contribution is -0.181. The molecule has 0 fully saturated rings. The molecule has 73 heavy (non-hydrogen) atoms. The first-order valence-electron chi connectivity index (χ1n) is 24.5. The third-order valence-electron chi connectivity index (χ3n) is 10.1. The van der Waals surface area contributed by atoms with Gasteiger partial charge < -0.3 is 63.7 Å². The Balaban J connectivity index is 0.831. The van der Waals surface area contributed by atoms with Gasteiger partial charge in [0.2, 0.25) is 11.8 Å². The molecule has 0 saturated heterocycles. The quantitative estimate of drug-likeness (QED) is 0.0471. The van der Waals surface area contributed by atoms with Gasteiger partial charge >= 0.3 is 0 Å². The lowest BCUT2D eigenvalue weighted by Gasteiger charge is -2.22. The molecule has 1 aromatic carbocycles. The van der Waals surface area contributed by atoms with Crippen molar-refractivity contribution in [1.82, 2.24) is 30.6 Å². The predicted octanol–water partition coefficient (Wildman–Crippen LogP) is 0.803. The number of carbonyl (C=O) groups excluding carboxylic acids is 5. The minimum absolute atomic E-state index is 0.104. The number of fused-ring (bicyclic) bond motifs is 1. The third-order valence-corrected chi connectivity index (χ3v) is 10.1. The molecule has 2 aliphatic rings. The summed E-state index contributed by atoms with van der Waals surface area (Å²) in [6.45, 7) is 10.5. The van der Waals surface area contributed by atoms with Crippen molar-refractivity contribution in [2.75, 3.05) is 165 Å². The van der Waals surface area contributed by atoms with E-state index >= 15 is 0 Å². The summed E-state index contributed by atoms with van der Waals surface area (Å²) >= 11 is 0. The van der Waals surface area contributed by atoms with Gasteiger partial charge in [0.1, 0.15) is 18.7 Å². The Morgan fingerprint density at radius 1 is 0.616 bits per heavy atom. The molecule has 1 aromatic heterocycles. The highest BCUT2D eigenvalue weighted by Crippen LogP contribution is 2.31. The van der Waals surface area contributed by atoms with E-state index in [-0.39, 0.29) is 64.1 Å². The Morgan fingerprint density at radius 2 is 1.08 bits per heavy atom. The second kappa shape index (κ2) is 38.0. The number of amides is 5. The van der Waals surface area contributed by atoms with Crippen LogP contribution in [0.5, 0.6) is 0 Å².